The van der Waals surface area contributed by atoms with Crippen LogP contribution >= 0.6 is 0 Å². The maximum absolute atomic E-state index is 15.2. The van der Waals surface area contributed by atoms with Gasteiger partial charge in [0.2, 0.25) is 0 Å². The zero-order valence-corrected chi connectivity index (χ0v) is 20.2. The van der Waals surface area contributed by atoms with Crippen molar-refractivity contribution in [3.63, 3.8) is 0 Å². The summed E-state index contributed by atoms with van der Waals surface area (Å²) in [5.74, 6) is 0.754. The maximum atomic E-state index is 15.2. The van der Waals surface area contributed by atoms with Crippen LogP contribution in [0.2, 0.25) is 0 Å². The van der Waals surface area contributed by atoms with Crippen molar-refractivity contribution in [1.29, 1.82) is 5.41 Å². The zero-order chi connectivity index (χ0) is 26.0. The van der Waals surface area contributed by atoms with Crippen LogP contribution in [0.1, 0.15) is 11.1 Å². The zero-order valence-electron chi connectivity index (χ0n) is 20.2. The van der Waals surface area contributed by atoms with E-state index in [-0.39, 0.29) is 37.1 Å². The quantitative estimate of drug-likeness (QED) is 0.130. The Morgan fingerprint density at radius 2 is 1.76 bits per heavy atom. The standard InChI is InChI=1S/C29H28FN3O4/c30-29-23(7-4-8-25(29)21-5-2-1-3-6-21)19-36-24-11-10-22(17-32-13-14-34)28(16-24)37-18-20-9-12-27(33-35)26(31)15-20/h1-12,15-16,31-32,34-35H,13-14,17-19H2/b31-26?,33-27-. The molecule has 0 fully saturated rings. The molecule has 0 saturated heterocycles. The summed E-state index contributed by atoms with van der Waals surface area (Å²) in [6.45, 7) is 1.14. The molecule has 0 saturated carbocycles. The van der Waals surface area contributed by atoms with Gasteiger partial charge in [-0.25, -0.2) is 4.39 Å². The number of hydrogen-bond donors (Lipinski definition) is 4. The Bertz CT molecular complexity index is 1340. The van der Waals surface area contributed by atoms with Crippen LogP contribution in [0.3, 0.4) is 0 Å². The number of aliphatic hydroxyl groups excluding tert-OH is 1. The summed E-state index contributed by atoms with van der Waals surface area (Å²) in [4.78, 5) is 0. The van der Waals surface area contributed by atoms with Crippen LogP contribution in [-0.2, 0) is 13.2 Å². The molecular weight excluding hydrogens is 473 g/mol. The highest BCUT2D eigenvalue weighted by Gasteiger charge is 2.13. The van der Waals surface area contributed by atoms with E-state index >= 15 is 4.39 Å². The Labute approximate surface area is 214 Å². The van der Waals surface area contributed by atoms with Gasteiger partial charge in [0, 0.05) is 35.8 Å². The molecule has 0 spiro atoms. The average Bonchev–Trinajstić information content (AvgIpc) is 2.93. The summed E-state index contributed by atoms with van der Waals surface area (Å²) in [6, 6.07) is 20.0. The van der Waals surface area contributed by atoms with Crippen molar-refractivity contribution in [2.45, 2.75) is 13.2 Å². The molecule has 7 nitrogen and oxygen atoms in total. The number of aliphatic hydroxyl groups is 1. The second kappa shape index (κ2) is 12.6. The minimum Gasteiger partial charge on any atom is -0.489 e. The number of halogens is 1. The van der Waals surface area contributed by atoms with Gasteiger partial charge in [0.05, 0.1) is 12.3 Å². The van der Waals surface area contributed by atoms with Crippen LogP contribution in [-0.4, -0.2) is 41.5 Å². The predicted molar refractivity (Wildman–Crippen MR) is 141 cm³/mol. The molecule has 0 amide bonds. The van der Waals surface area contributed by atoms with Crippen molar-refractivity contribution in [2.75, 3.05) is 19.8 Å². The maximum Gasteiger partial charge on any atom is 0.137 e. The minimum absolute atomic E-state index is 0.0134. The minimum atomic E-state index is -0.320. The summed E-state index contributed by atoms with van der Waals surface area (Å²) in [5.41, 5.74) is 3.61. The molecule has 0 bridgehead atoms. The predicted octanol–water partition coefficient (Wildman–Crippen LogP) is 4.88. The van der Waals surface area contributed by atoms with E-state index in [0.717, 1.165) is 16.7 Å². The molecule has 0 aromatic heterocycles. The Hall–Kier alpha value is -4.27. The molecule has 3 aromatic rings. The summed E-state index contributed by atoms with van der Waals surface area (Å²) in [7, 11) is 0. The smallest absolute Gasteiger partial charge is 0.137 e. The highest BCUT2D eigenvalue weighted by molar-refractivity contribution is 6.50. The molecule has 3 aromatic carbocycles. The molecule has 190 valence electrons. The van der Waals surface area contributed by atoms with Crippen LogP contribution in [0.25, 0.3) is 11.1 Å². The Kier molecular flexibility index (Phi) is 8.80. The van der Waals surface area contributed by atoms with Gasteiger partial charge in [-0.2, -0.15) is 0 Å². The van der Waals surface area contributed by atoms with Gasteiger partial charge in [-0.15, -0.1) is 0 Å². The average molecular weight is 502 g/mol. The van der Waals surface area contributed by atoms with Crippen molar-refractivity contribution in [3.8, 4) is 22.6 Å². The normalized spacial score (nSPS) is 14.1. The van der Waals surface area contributed by atoms with Gasteiger partial charge in [-0.3, -0.25) is 5.41 Å². The molecule has 1 aliphatic carbocycles. The Morgan fingerprint density at radius 3 is 2.51 bits per heavy atom. The van der Waals surface area contributed by atoms with Crippen LogP contribution in [0.5, 0.6) is 11.5 Å². The molecule has 4 N–H and O–H groups in total. The molecule has 0 radical (unpaired) electrons. The molecule has 1 aliphatic rings. The first-order valence-corrected chi connectivity index (χ1v) is 11.8. The topological polar surface area (TPSA) is 107 Å². The summed E-state index contributed by atoms with van der Waals surface area (Å²) in [5, 5.41) is 32.1. The van der Waals surface area contributed by atoms with Crippen LogP contribution < -0.4 is 14.8 Å². The number of hydrogen-bond acceptors (Lipinski definition) is 7. The van der Waals surface area contributed by atoms with Gasteiger partial charge in [-0.05, 0) is 29.4 Å². The van der Waals surface area contributed by atoms with E-state index in [4.69, 9.17) is 25.2 Å². The lowest BCUT2D eigenvalue weighted by Gasteiger charge is -2.16. The van der Waals surface area contributed by atoms with Crippen LogP contribution in [0, 0.1) is 11.2 Å². The van der Waals surface area contributed by atoms with Crippen molar-refractivity contribution >= 4 is 11.4 Å². The van der Waals surface area contributed by atoms with Gasteiger partial charge >= 0.3 is 0 Å². The lowest BCUT2D eigenvalue weighted by molar-refractivity contribution is 0.289. The second-order valence-corrected chi connectivity index (χ2v) is 8.34. The lowest BCUT2D eigenvalue weighted by Crippen LogP contribution is -2.18. The van der Waals surface area contributed by atoms with Crippen LogP contribution in [0.15, 0.2) is 95.7 Å². The third-order valence-corrected chi connectivity index (χ3v) is 5.76. The number of rotatable bonds is 11. The first-order valence-electron chi connectivity index (χ1n) is 11.8. The molecule has 4 rings (SSSR count). The van der Waals surface area contributed by atoms with E-state index in [1.54, 1.807) is 42.5 Å². The third kappa shape index (κ3) is 6.69. The summed E-state index contributed by atoms with van der Waals surface area (Å²) >= 11 is 0. The lowest BCUT2D eigenvalue weighted by atomic mass is 10.0. The fourth-order valence-corrected chi connectivity index (χ4v) is 3.82. The largest absolute Gasteiger partial charge is 0.489 e. The number of nitrogens with zero attached hydrogens (tertiary/aromatic N) is 1. The number of ether oxygens (including phenoxy) is 2. The molecule has 0 heterocycles. The first kappa shape index (κ1) is 25.8. The van der Waals surface area contributed by atoms with E-state index in [1.807, 2.05) is 42.5 Å². The van der Waals surface area contributed by atoms with Gasteiger partial charge in [0.1, 0.15) is 36.2 Å². The van der Waals surface area contributed by atoms with Gasteiger partial charge in [0.25, 0.3) is 0 Å². The molecular formula is C29H28FN3O4. The van der Waals surface area contributed by atoms with Crippen molar-refractivity contribution in [1.82, 2.24) is 5.32 Å². The SMILES string of the molecule is N=C1C=C(COc2cc(OCc3cccc(-c4ccccc4)c3F)ccc2CNCCO)C=C/C1=N/O. The summed E-state index contributed by atoms with van der Waals surface area (Å²) < 4.78 is 27.2. The monoisotopic (exact) mass is 501 g/mol. The van der Waals surface area contributed by atoms with Crippen LogP contribution in [0.4, 0.5) is 4.39 Å². The van der Waals surface area contributed by atoms with E-state index in [1.165, 1.54) is 0 Å². The van der Waals surface area contributed by atoms with E-state index in [2.05, 4.69) is 10.5 Å². The molecule has 37 heavy (non-hydrogen) atoms. The second-order valence-electron chi connectivity index (χ2n) is 8.34. The van der Waals surface area contributed by atoms with E-state index in [9.17, 15) is 0 Å². The van der Waals surface area contributed by atoms with E-state index in [0.29, 0.717) is 35.7 Å². The van der Waals surface area contributed by atoms with Gasteiger partial charge in [0.15, 0.2) is 0 Å². The fourth-order valence-electron chi connectivity index (χ4n) is 3.82. The molecule has 0 unspecified atom stereocenters. The highest BCUT2D eigenvalue weighted by atomic mass is 19.1. The molecule has 0 atom stereocenters. The Balaban J connectivity index is 1.49. The fraction of sp³-hybridized carbons (Fsp3) is 0.172. The number of oxime groups is 1. The molecule has 0 aliphatic heterocycles. The number of nitrogens with one attached hydrogen (secondary N) is 2. The van der Waals surface area contributed by atoms with Crippen molar-refractivity contribution < 1.29 is 24.2 Å². The highest BCUT2D eigenvalue weighted by Crippen LogP contribution is 2.29. The van der Waals surface area contributed by atoms with Crippen molar-refractivity contribution in [2.24, 2.45) is 5.16 Å². The molecule has 8 heteroatoms. The Morgan fingerprint density at radius 1 is 0.919 bits per heavy atom. The van der Waals surface area contributed by atoms with E-state index < -0.39 is 0 Å². The first-order chi connectivity index (χ1) is 18.1. The van der Waals surface area contributed by atoms with Crippen molar-refractivity contribution in [3.05, 3.63) is 107 Å². The summed E-state index contributed by atoms with van der Waals surface area (Å²) in [6.07, 6.45) is 4.84. The number of benzene rings is 3. The van der Waals surface area contributed by atoms with Gasteiger partial charge < -0.3 is 25.1 Å². The van der Waals surface area contributed by atoms with Gasteiger partial charge in [-0.1, -0.05) is 65.8 Å². The third-order valence-electron chi connectivity index (χ3n) is 5.76. The number of allylic oxidation sites excluding steroid dienone is 2.